The Labute approximate surface area is 139 Å². The second-order valence-electron chi connectivity index (χ2n) is 5.27. The van der Waals surface area contributed by atoms with Crippen LogP contribution in [0.1, 0.15) is 47.7 Å². The van der Waals surface area contributed by atoms with E-state index in [-0.39, 0.29) is 18.1 Å². The summed E-state index contributed by atoms with van der Waals surface area (Å²) in [6.07, 6.45) is 1.38. The number of amides is 1. The van der Waals surface area contributed by atoms with E-state index < -0.39 is 11.4 Å². The number of carboxylic acid groups (broad SMARTS) is 1. The van der Waals surface area contributed by atoms with E-state index in [2.05, 4.69) is 10.3 Å². The first-order chi connectivity index (χ1) is 11.0. The van der Waals surface area contributed by atoms with Crippen LogP contribution in [0.2, 0.25) is 0 Å². The highest BCUT2D eigenvalue weighted by Gasteiger charge is 2.36. The number of aromatic nitrogens is 1. The van der Waals surface area contributed by atoms with Gasteiger partial charge in [-0.05, 0) is 18.4 Å². The Morgan fingerprint density at radius 1 is 1.22 bits per heavy atom. The highest BCUT2D eigenvalue weighted by molar-refractivity contribution is 7.09. The predicted molar refractivity (Wildman–Crippen MR) is 89.6 cm³/mol. The number of nitrogens with one attached hydrogen (secondary N) is 1. The summed E-state index contributed by atoms with van der Waals surface area (Å²) >= 11 is 1.23. The molecule has 1 aromatic heterocycles. The number of carbonyl (C=O) groups excluding carboxylic acids is 1. The van der Waals surface area contributed by atoms with Gasteiger partial charge < -0.3 is 10.4 Å². The molecule has 1 amide bonds. The Kier molecular flexibility index (Phi) is 5.50. The van der Waals surface area contributed by atoms with Gasteiger partial charge in [0, 0.05) is 5.38 Å². The van der Waals surface area contributed by atoms with E-state index >= 15 is 0 Å². The number of aromatic carboxylic acids is 1. The van der Waals surface area contributed by atoms with Crippen LogP contribution in [-0.2, 0) is 16.8 Å². The largest absolute Gasteiger partial charge is 0.476 e. The normalized spacial score (nSPS) is 11.2. The summed E-state index contributed by atoms with van der Waals surface area (Å²) in [7, 11) is 0. The van der Waals surface area contributed by atoms with Gasteiger partial charge in [0.05, 0.1) is 12.0 Å². The van der Waals surface area contributed by atoms with Gasteiger partial charge in [0.2, 0.25) is 5.91 Å². The summed E-state index contributed by atoms with van der Waals surface area (Å²) in [5.74, 6) is -1.11. The Bertz CT molecular complexity index is 678. The molecule has 0 aliphatic rings. The van der Waals surface area contributed by atoms with Crippen LogP contribution in [0.25, 0.3) is 0 Å². The zero-order valence-corrected chi connectivity index (χ0v) is 14.0. The summed E-state index contributed by atoms with van der Waals surface area (Å²) in [6, 6.07) is 9.74. The van der Waals surface area contributed by atoms with Gasteiger partial charge in [-0.2, -0.15) is 0 Å². The Morgan fingerprint density at radius 2 is 1.87 bits per heavy atom. The second-order valence-corrected chi connectivity index (χ2v) is 6.21. The number of hydrogen-bond acceptors (Lipinski definition) is 4. The summed E-state index contributed by atoms with van der Waals surface area (Å²) in [4.78, 5) is 27.6. The number of nitrogens with zero attached hydrogens (tertiary/aromatic N) is 1. The lowest BCUT2D eigenvalue weighted by atomic mass is 9.75. The summed E-state index contributed by atoms with van der Waals surface area (Å²) < 4.78 is 0. The number of benzene rings is 1. The van der Waals surface area contributed by atoms with Crippen LogP contribution in [0.5, 0.6) is 0 Å². The van der Waals surface area contributed by atoms with Crippen LogP contribution in [0.15, 0.2) is 35.7 Å². The minimum atomic E-state index is -1.06. The Morgan fingerprint density at radius 3 is 2.39 bits per heavy atom. The van der Waals surface area contributed by atoms with Crippen LogP contribution in [-0.4, -0.2) is 22.0 Å². The zero-order chi connectivity index (χ0) is 16.9. The first kappa shape index (κ1) is 17.1. The third-order valence-corrected chi connectivity index (χ3v) is 4.99. The third-order valence-electron chi connectivity index (χ3n) is 4.14. The number of thiazole rings is 1. The quantitative estimate of drug-likeness (QED) is 0.816. The lowest BCUT2D eigenvalue weighted by Crippen LogP contribution is -2.43. The van der Waals surface area contributed by atoms with Gasteiger partial charge in [-0.1, -0.05) is 44.2 Å². The molecule has 0 radical (unpaired) electrons. The monoisotopic (exact) mass is 332 g/mol. The minimum absolute atomic E-state index is 0.0135. The fourth-order valence-corrected chi connectivity index (χ4v) is 3.39. The van der Waals surface area contributed by atoms with E-state index in [1.54, 1.807) is 0 Å². The van der Waals surface area contributed by atoms with E-state index in [1.807, 2.05) is 44.2 Å². The Balaban J connectivity index is 2.14. The molecule has 5 nitrogen and oxygen atoms in total. The fraction of sp³-hybridized carbons (Fsp3) is 0.353. The number of carbonyl (C=O) groups is 2. The third kappa shape index (κ3) is 3.59. The van der Waals surface area contributed by atoms with E-state index in [1.165, 1.54) is 16.7 Å². The fourth-order valence-electron chi connectivity index (χ4n) is 2.68. The molecular weight excluding hydrogens is 312 g/mol. The average Bonchev–Trinajstić information content (AvgIpc) is 3.05. The van der Waals surface area contributed by atoms with Gasteiger partial charge >= 0.3 is 5.97 Å². The second kappa shape index (κ2) is 7.37. The zero-order valence-electron chi connectivity index (χ0n) is 13.2. The number of hydrogen-bond donors (Lipinski definition) is 2. The van der Waals surface area contributed by atoms with Crippen molar-refractivity contribution in [2.24, 2.45) is 0 Å². The van der Waals surface area contributed by atoms with Crippen molar-refractivity contribution in [1.29, 1.82) is 0 Å². The van der Waals surface area contributed by atoms with Gasteiger partial charge in [-0.15, -0.1) is 11.3 Å². The van der Waals surface area contributed by atoms with E-state index in [0.717, 1.165) is 5.56 Å². The summed E-state index contributed by atoms with van der Waals surface area (Å²) in [5, 5.41) is 13.9. The van der Waals surface area contributed by atoms with Crippen LogP contribution in [0.4, 0.5) is 0 Å². The molecule has 1 heterocycles. The lowest BCUT2D eigenvalue weighted by molar-refractivity contribution is -0.127. The lowest BCUT2D eigenvalue weighted by Gasteiger charge is -2.30. The van der Waals surface area contributed by atoms with Gasteiger partial charge in [-0.25, -0.2) is 9.78 Å². The predicted octanol–water partition coefficient (Wildman–Crippen LogP) is 3.22. The van der Waals surface area contributed by atoms with Crippen molar-refractivity contribution in [3.05, 3.63) is 52.0 Å². The molecule has 2 N–H and O–H groups in total. The molecule has 0 fully saturated rings. The maximum absolute atomic E-state index is 12.8. The molecule has 122 valence electrons. The number of rotatable bonds is 7. The van der Waals surface area contributed by atoms with E-state index in [0.29, 0.717) is 17.8 Å². The minimum Gasteiger partial charge on any atom is -0.476 e. The molecule has 0 spiro atoms. The standard InChI is InChI=1S/C17H20N2O3S/c1-3-17(4-2,12-8-6-5-7-9-12)16(22)18-10-14-19-13(11-23-14)15(20)21/h5-9,11H,3-4,10H2,1-2H3,(H,18,22)(H,20,21). The van der Waals surface area contributed by atoms with Crippen LogP contribution >= 0.6 is 11.3 Å². The van der Waals surface area contributed by atoms with Crippen molar-refractivity contribution in [2.75, 3.05) is 0 Å². The molecule has 2 aromatic rings. The van der Waals surface area contributed by atoms with Gasteiger partial charge in [0.1, 0.15) is 5.01 Å². The molecule has 0 saturated heterocycles. The highest BCUT2D eigenvalue weighted by atomic mass is 32.1. The van der Waals surface area contributed by atoms with Gasteiger partial charge in [-0.3, -0.25) is 4.79 Å². The molecule has 0 atom stereocenters. The molecule has 2 rings (SSSR count). The molecular formula is C17H20N2O3S. The van der Waals surface area contributed by atoms with Crippen molar-refractivity contribution in [2.45, 2.75) is 38.6 Å². The summed E-state index contributed by atoms with van der Waals surface area (Å²) in [6.45, 7) is 4.25. The molecule has 0 bridgehead atoms. The van der Waals surface area contributed by atoms with Crippen LogP contribution in [0, 0.1) is 0 Å². The van der Waals surface area contributed by atoms with Crippen molar-refractivity contribution in [3.63, 3.8) is 0 Å². The first-order valence-corrected chi connectivity index (χ1v) is 8.43. The first-order valence-electron chi connectivity index (χ1n) is 7.55. The molecule has 6 heteroatoms. The molecule has 23 heavy (non-hydrogen) atoms. The van der Waals surface area contributed by atoms with Crippen molar-refractivity contribution in [3.8, 4) is 0 Å². The average molecular weight is 332 g/mol. The van der Waals surface area contributed by atoms with E-state index in [9.17, 15) is 9.59 Å². The van der Waals surface area contributed by atoms with Gasteiger partial charge in [0.25, 0.3) is 0 Å². The van der Waals surface area contributed by atoms with Crippen molar-refractivity contribution in [1.82, 2.24) is 10.3 Å². The SMILES string of the molecule is CCC(CC)(C(=O)NCc1nc(C(=O)O)cs1)c1ccccc1. The smallest absolute Gasteiger partial charge is 0.355 e. The maximum Gasteiger partial charge on any atom is 0.355 e. The molecule has 0 saturated carbocycles. The van der Waals surface area contributed by atoms with Crippen molar-refractivity contribution < 1.29 is 14.7 Å². The number of carboxylic acids is 1. The Hall–Kier alpha value is -2.21. The topological polar surface area (TPSA) is 79.3 Å². The van der Waals surface area contributed by atoms with Crippen molar-refractivity contribution >= 4 is 23.2 Å². The highest BCUT2D eigenvalue weighted by Crippen LogP contribution is 2.32. The molecule has 0 aliphatic carbocycles. The maximum atomic E-state index is 12.8. The molecule has 1 aromatic carbocycles. The van der Waals surface area contributed by atoms with Crippen LogP contribution < -0.4 is 5.32 Å². The molecule has 0 unspecified atom stereocenters. The van der Waals surface area contributed by atoms with Crippen LogP contribution in [0.3, 0.4) is 0 Å². The van der Waals surface area contributed by atoms with E-state index in [4.69, 9.17) is 5.11 Å². The molecule has 0 aliphatic heterocycles. The van der Waals surface area contributed by atoms with Gasteiger partial charge in [0.15, 0.2) is 5.69 Å². The summed E-state index contributed by atoms with van der Waals surface area (Å²) in [5.41, 5.74) is 0.432.